The van der Waals surface area contributed by atoms with Crippen LogP contribution in [0.25, 0.3) is 22.2 Å². The molecule has 6 nitrogen and oxygen atoms in total. The van der Waals surface area contributed by atoms with Crippen molar-refractivity contribution in [1.29, 1.82) is 5.41 Å². The van der Waals surface area contributed by atoms with E-state index in [9.17, 15) is 9.90 Å². The number of hydrogen-bond acceptors (Lipinski definition) is 3. The second-order valence-corrected chi connectivity index (χ2v) is 7.57. The van der Waals surface area contributed by atoms with Gasteiger partial charge in [0.25, 0.3) is 0 Å². The Hall–Kier alpha value is -3.93. The average Bonchev–Trinajstić information content (AvgIpc) is 3.10. The fraction of sp³-hybridized carbons (Fsp3) is 0.160. The summed E-state index contributed by atoms with van der Waals surface area (Å²) in [7, 11) is 0. The summed E-state index contributed by atoms with van der Waals surface area (Å²) in [5.41, 5.74) is 11.8. The van der Waals surface area contributed by atoms with Crippen LogP contribution in [0.5, 0.6) is 0 Å². The maximum Gasteiger partial charge on any atom is 0.337 e. The van der Waals surface area contributed by atoms with E-state index in [2.05, 4.69) is 22.7 Å². The third-order valence-corrected chi connectivity index (χ3v) is 5.53. The number of fused-ring (bicyclic) bond motifs is 1. The molecule has 2 heterocycles. The van der Waals surface area contributed by atoms with E-state index in [4.69, 9.17) is 11.1 Å². The van der Waals surface area contributed by atoms with E-state index >= 15 is 0 Å². The van der Waals surface area contributed by atoms with Crippen LogP contribution < -0.4 is 5.73 Å². The Morgan fingerprint density at radius 3 is 2.61 bits per heavy atom. The Bertz CT molecular complexity index is 1320. The highest BCUT2D eigenvalue weighted by Gasteiger charge is 2.18. The lowest BCUT2D eigenvalue weighted by Crippen LogP contribution is -2.10. The highest BCUT2D eigenvalue weighted by molar-refractivity contribution is 5.99. The molecule has 0 saturated heterocycles. The molecule has 4 rings (SSSR count). The summed E-state index contributed by atoms with van der Waals surface area (Å²) in [6.45, 7) is 4.73. The zero-order chi connectivity index (χ0) is 22.1. The molecule has 0 saturated carbocycles. The molecule has 0 aliphatic rings. The number of nitrogens with zero attached hydrogens (tertiary/aromatic N) is 2. The second kappa shape index (κ2) is 8.07. The number of pyridine rings is 1. The lowest BCUT2D eigenvalue weighted by Gasteiger charge is -2.12. The molecule has 0 fully saturated rings. The van der Waals surface area contributed by atoms with Crippen LogP contribution in [-0.2, 0) is 13.0 Å². The molecule has 0 aliphatic carbocycles. The van der Waals surface area contributed by atoms with Crippen molar-refractivity contribution in [3.8, 4) is 11.3 Å². The van der Waals surface area contributed by atoms with Gasteiger partial charge in [0, 0.05) is 46.9 Å². The van der Waals surface area contributed by atoms with Gasteiger partial charge in [-0.2, -0.15) is 0 Å². The average molecular weight is 412 g/mol. The number of aryl methyl sites for hydroxylation is 2. The normalized spacial score (nSPS) is 11.0. The quantitative estimate of drug-likeness (QED) is 0.318. The van der Waals surface area contributed by atoms with Crippen molar-refractivity contribution < 1.29 is 9.90 Å². The number of hydrogen-bond donors (Lipinski definition) is 3. The van der Waals surface area contributed by atoms with Crippen LogP contribution in [0, 0.1) is 12.3 Å². The molecule has 4 aromatic rings. The molecular weight excluding hydrogens is 388 g/mol. The summed E-state index contributed by atoms with van der Waals surface area (Å²) in [4.78, 5) is 16.4. The van der Waals surface area contributed by atoms with E-state index in [-0.39, 0.29) is 11.4 Å². The third kappa shape index (κ3) is 3.80. The minimum Gasteiger partial charge on any atom is -0.478 e. The Balaban J connectivity index is 1.85. The van der Waals surface area contributed by atoms with Gasteiger partial charge in [-0.05, 0) is 43.2 Å². The fourth-order valence-corrected chi connectivity index (χ4v) is 3.98. The van der Waals surface area contributed by atoms with Crippen LogP contribution in [0.1, 0.15) is 39.7 Å². The number of nitrogens with two attached hydrogens (primary N) is 1. The third-order valence-electron chi connectivity index (χ3n) is 5.53. The number of carbonyl (C=O) groups is 1. The monoisotopic (exact) mass is 412 g/mol. The molecule has 6 heteroatoms. The van der Waals surface area contributed by atoms with Gasteiger partial charge in [-0.25, -0.2) is 4.79 Å². The number of aromatic nitrogens is 2. The Kier molecular flexibility index (Phi) is 5.29. The highest BCUT2D eigenvalue weighted by Crippen LogP contribution is 2.31. The number of nitrogens with one attached hydrogen (secondary N) is 1. The smallest absolute Gasteiger partial charge is 0.337 e. The zero-order valence-electron chi connectivity index (χ0n) is 17.5. The van der Waals surface area contributed by atoms with Gasteiger partial charge >= 0.3 is 5.97 Å². The van der Waals surface area contributed by atoms with Gasteiger partial charge in [-0.3, -0.25) is 10.4 Å². The number of rotatable bonds is 6. The molecule has 0 radical (unpaired) electrons. The zero-order valence-corrected chi connectivity index (χ0v) is 17.5. The molecule has 31 heavy (non-hydrogen) atoms. The molecule has 156 valence electrons. The summed E-state index contributed by atoms with van der Waals surface area (Å²) in [5, 5.41) is 18.5. The summed E-state index contributed by atoms with van der Waals surface area (Å²) in [6.07, 6.45) is 2.75. The standard InChI is InChI=1S/C25H24N4O2/c1-3-29-14-18(19-11-9-17(24(26)27)13-22(19)29)12-16-6-4-5-7-20(16)23-21(25(30)31)10-8-15(2)28-23/h4-11,13-14H,3,12H2,1-2H3,(H3,26,27)(H,30,31). The van der Waals surface area contributed by atoms with Crippen LogP contribution >= 0.6 is 0 Å². The lowest BCUT2D eigenvalue weighted by molar-refractivity contribution is 0.0697. The maximum absolute atomic E-state index is 11.8. The van der Waals surface area contributed by atoms with Crippen LogP contribution in [0.2, 0.25) is 0 Å². The first-order valence-corrected chi connectivity index (χ1v) is 10.1. The first-order valence-electron chi connectivity index (χ1n) is 10.1. The first-order chi connectivity index (χ1) is 14.9. The second-order valence-electron chi connectivity index (χ2n) is 7.57. The van der Waals surface area contributed by atoms with Crippen LogP contribution in [0.15, 0.2) is 60.8 Å². The molecule has 2 aromatic heterocycles. The molecular formula is C25H24N4O2. The minimum atomic E-state index is -0.989. The molecule has 0 bridgehead atoms. The van der Waals surface area contributed by atoms with Crippen LogP contribution in [0.4, 0.5) is 0 Å². The number of carboxylic acids is 1. The van der Waals surface area contributed by atoms with E-state index in [0.29, 0.717) is 17.7 Å². The topological polar surface area (TPSA) is 105 Å². The SMILES string of the molecule is CCn1cc(Cc2ccccc2-c2nc(C)ccc2C(=O)O)c2ccc(C(=N)N)cc21. The largest absolute Gasteiger partial charge is 0.478 e. The lowest BCUT2D eigenvalue weighted by atomic mass is 9.95. The number of benzene rings is 2. The Labute approximate surface area is 180 Å². The maximum atomic E-state index is 11.8. The fourth-order valence-electron chi connectivity index (χ4n) is 3.98. The molecule has 0 unspecified atom stereocenters. The van der Waals surface area contributed by atoms with Crippen molar-refractivity contribution >= 4 is 22.7 Å². The van der Waals surface area contributed by atoms with Gasteiger partial charge in [-0.1, -0.05) is 36.4 Å². The number of carboxylic acid groups (broad SMARTS) is 1. The molecule has 0 amide bonds. The van der Waals surface area contributed by atoms with Gasteiger partial charge in [0.15, 0.2) is 0 Å². The van der Waals surface area contributed by atoms with E-state index in [1.807, 2.05) is 49.4 Å². The summed E-state index contributed by atoms with van der Waals surface area (Å²) in [6, 6.07) is 17.0. The van der Waals surface area contributed by atoms with Crippen molar-refractivity contribution in [3.05, 3.63) is 88.7 Å². The van der Waals surface area contributed by atoms with Crippen molar-refractivity contribution in [1.82, 2.24) is 9.55 Å². The van der Waals surface area contributed by atoms with Gasteiger partial charge < -0.3 is 15.4 Å². The number of amidine groups is 1. The van der Waals surface area contributed by atoms with Crippen molar-refractivity contribution in [2.45, 2.75) is 26.8 Å². The van der Waals surface area contributed by atoms with Crippen molar-refractivity contribution in [3.63, 3.8) is 0 Å². The van der Waals surface area contributed by atoms with E-state index in [1.165, 1.54) is 0 Å². The molecule has 0 aliphatic heterocycles. The van der Waals surface area contributed by atoms with Crippen molar-refractivity contribution in [2.75, 3.05) is 0 Å². The molecule has 4 N–H and O–H groups in total. The van der Waals surface area contributed by atoms with E-state index < -0.39 is 5.97 Å². The molecule has 0 atom stereocenters. The van der Waals surface area contributed by atoms with Gasteiger partial charge in [0.2, 0.25) is 0 Å². The summed E-state index contributed by atoms with van der Waals surface area (Å²) in [5.74, 6) is -0.943. The minimum absolute atomic E-state index is 0.0457. The first kappa shape index (κ1) is 20.3. The molecule has 2 aromatic carbocycles. The Morgan fingerprint density at radius 1 is 1.13 bits per heavy atom. The van der Waals surface area contributed by atoms with Gasteiger partial charge in [0.05, 0.1) is 11.3 Å². The van der Waals surface area contributed by atoms with E-state index in [0.717, 1.165) is 39.8 Å². The number of aromatic carboxylic acids is 1. The molecule has 0 spiro atoms. The van der Waals surface area contributed by atoms with Gasteiger partial charge in [-0.15, -0.1) is 0 Å². The van der Waals surface area contributed by atoms with Crippen LogP contribution in [-0.4, -0.2) is 26.5 Å². The summed E-state index contributed by atoms with van der Waals surface area (Å²) < 4.78 is 2.15. The summed E-state index contributed by atoms with van der Waals surface area (Å²) >= 11 is 0. The Morgan fingerprint density at radius 2 is 1.90 bits per heavy atom. The van der Waals surface area contributed by atoms with Gasteiger partial charge in [0.1, 0.15) is 5.84 Å². The predicted molar refractivity (Wildman–Crippen MR) is 123 cm³/mol. The van der Waals surface area contributed by atoms with Crippen molar-refractivity contribution in [2.24, 2.45) is 5.73 Å². The van der Waals surface area contributed by atoms with E-state index in [1.54, 1.807) is 12.1 Å². The predicted octanol–water partition coefficient (Wildman–Crippen LogP) is 4.60. The highest BCUT2D eigenvalue weighted by atomic mass is 16.4. The van der Waals surface area contributed by atoms with Crippen LogP contribution in [0.3, 0.4) is 0 Å². The number of nitrogen functional groups attached to an aromatic ring is 1.